The molecule has 0 spiro atoms. The Morgan fingerprint density at radius 3 is 2.71 bits per heavy atom. The van der Waals surface area contributed by atoms with Gasteiger partial charge in [0, 0.05) is 25.2 Å². The highest BCUT2D eigenvalue weighted by molar-refractivity contribution is 5.03. The monoisotopic (exact) mass is 236 g/mol. The van der Waals surface area contributed by atoms with E-state index in [1.165, 1.54) is 25.7 Å². The van der Waals surface area contributed by atoms with Crippen LogP contribution in [0.25, 0.3) is 0 Å². The van der Waals surface area contributed by atoms with Gasteiger partial charge in [0.05, 0.1) is 5.69 Å². The minimum absolute atomic E-state index is 0.0414. The molecule has 0 unspecified atom stereocenters. The number of nitrogens with two attached hydrogens (primary N) is 1. The van der Waals surface area contributed by atoms with Gasteiger partial charge in [0.15, 0.2) is 0 Å². The van der Waals surface area contributed by atoms with Crippen LogP contribution in [0, 0.1) is 5.92 Å². The quantitative estimate of drug-likeness (QED) is 0.870. The van der Waals surface area contributed by atoms with Gasteiger partial charge in [-0.1, -0.05) is 25.0 Å². The lowest BCUT2D eigenvalue weighted by Gasteiger charge is -2.36. The van der Waals surface area contributed by atoms with Crippen LogP contribution in [0.5, 0.6) is 0 Å². The average Bonchev–Trinajstić information content (AvgIpc) is 2.68. The Balaban J connectivity index is 1.89. The van der Waals surface area contributed by atoms with Gasteiger partial charge in [-0.25, -0.2) is 0 Å². The molecule has 0 amide bonds. The van der Waals surface area contributed by atoms with Crippen molar-refractivity contribution in [2.24, 2.45) is 18.7 Å². The standard InChI is InChI=1S/C13H24N4/c1-3-4-11-5-7-13(14,8-6-11)9-12-10-17(2)16-15-12/h10-11H,3-9,14H2,1-2H3. The normalized spacial score (nSPS) is 29.5. The van der Waals surface area contributed by atoms with E-state index in [1.807, 2.05) is 13.2 Å². The van der Waals surface area contributed by atoms with Crippen LogP contribution in [-0.4, -0.2) is 20.5 Å². The molecule has 4 nitrogen and oxygen atoms in total. The molecule has 1 fully saturated rings. The van der Waals surface area contributed by atoms with Crippen molar-refractivity contribution >= 4 is 0 Å². The molecule has 2 N–H and O–H groups in total. The predicted molar refractivity (Wildman–Crippen MR) is 68.5 cm³/mol. The zero-order valence-electron chi connectivity index (χ0n) is 11.0. The molecule has 1 saturated carbocycles. The van der Waals surface area contributed by atoms with Gasteiger partial charge in [0.25, 0.3) is 0 Å². The number of rotatable bonds is 4. The highest BCUT2D eigenvalue weighted by Crippen LogP contribution is 2.34. The van der Waals surface area contributed by atoms with E-state index in [0.717, 1.165) is 30.9 Å². The fourth-order valence-electron chi connectivity index (χ4n) is 2.96. The highest BCUT2D eigenvalue weighted by Gasteiger charge is 2.32. The summed E-state index contributed by atoms with van der Waals surface area (Å²) in [7, 11) is 1.90. The van der Waals surface area contributed by atoms with E-state index < -0.39 is 0 Å². The summed E-state index contributed by atoms with van der Waals surface area (Å²) < 4.78 is 1.75. The molecule has 1 aromatic heterocycles. The number of aryl methyl sites for hydroxylation is 1. The molecule has 2 rings (SSSR count). The maximum Gasteiger partial charge on any atom is 0.0845 e. The molecule has 4 heteroatoms. The largest absolute Gasteiger partial charge is 0.325 e. The van der Waals surface area contributed by atoms with E-state index in [9.17, 15) is 0 Å². The summed E-state index contributed by atoms with van der Waals surface area (Å²) in [6.07, 6.45) is 10.3. The van der Waals surface area contributed by atoms with Gasteiger partial charge >= 0.3 is 0 Å². The summed E-state index contributed by atoms with van der Waals surface area (Å²) in [5, 5.41) is 8.11. The van der Waals surface area contributed by atoms with Gasteiger partial charge in [-0.3, -0.25) is 4.68 Å². The average molecular weight is 236 g/mol. The first kappa shape index (κ1) is 12.6. The van der Waals surface area contributed by atoms with Crippen molar-refractivity contribution in [1.82, 2.24) is 15.0 Å². The van der Waals surface area contributed by atoms with Crippen LogP contribution in [0.4, 0.5) is 0 Å². The van der Waals surface area contributed by atoms with Gasteiger partial charge in [-0.2, -0.15) is 0 Å². The summed E-state index contributed by atoms with van der Waals surface area (Å²) in [4.78, 5) is 0. The first-order valence-electron chi connectivity index (χ1n) is 6.75. The number of hydrogen-bond acceptors (Lipinski definition) is 3. The van der Waals surface area contributed by atoms with Gasteiger partial charge in [-0.15, -0.1) is 5.10 Å². The lowest BCUT2D eigenvalue weighted by atomic mass is 9.74. The van der Waals surface area contributed by atoms with Gasteiger partial charge in [0.2, 0.25) is 0 Å². The molecule has 1 aliphatic carbocycles. The zero-order chi connectivity index (χ0) is 12.3. The van der Waals surface area contributed by atoms with Gasteiger partial charge in [0.1, 0.15) is 0 Å². The molecule has 0 aliphatic heterocycles. The highest BCUT2D eigenvalue weighted by atomic mass is 15.4. The summed E-state index contributed by atoms with van der Waals surface area (Å²) in [5.74, 6) is 0.901. The molecule has 1 aliphatic rings. The maximum atomic E-state index is 6.48. The van der Waals surface area contributed by atoms with E-state index in [1.54, 1.807) is 4.68 Å². The second-order valence-corrected chi connectivity index (χ2v) is 5.65. The van der Waals surface area contributed by atoms with Crippen LogP contribution in [0.2, 0.25) is 0 Å². The second kappa shape index (κ2) is 5.17. The van der Waals surface area contributed by atoms with Gasteiger partial charge < -0.3 is 5.73 Å². The van der Waals surface area contributed by atoms with Crippen LogP contribution in [-0.2, 0) is 13.5 Å². The third-order valence-corrected chi connectivity index (χ3v) is 3.98. The lowest BCUT2D eigenvalue weighted by Crippen LogP contribution is -2.45. The third kappa shape index (κ3) is 3.28. The van der Waals surface area contributed by atoms with Crippen LogP contribution in [0.15, 0.2) is 6.20 Å². The Labute approximate surface area is 104 Å². The lowest BCUT2D eigenvalue weighted by molar-refractivity contribution is 0.222. The molecule has 0 radical (unpaired) electrons. The van der Waals surface area contributed by atoms with E-state index in [4.69, 9.17) is 5.73 Å². The Hall–Kier alpha value is -0.900. The van der Waals surface area contributed by atoms with Crippen LogP contribution in [0.1, 0.15) is 51.1 Å². The van der Waals surface area contributed by atoms with Crippen LogP contribution < -0.4 is 5.73 Å². The summed E-state index contributed by atoms with van der Waals surface area (Å²) >= 11 is 0. The zero-order valence-corrected chi connectivity index (χ0v) is 11.0. The van der Waals surface area contributed by atoms with Crippen molar-refractivity contribution in [3.63, 3.8) is 0 Å². The fraction of sp³-hybridized carbons (Fsp3) is 0.846. The van der Waals surface area contributed by atoms with E-state index >= 15 is 0 Å². The molecule has 17 heavy (non-hydrogen) atoms. The summed E-state index contributed by atoms with van der Waals surface area (Å²) in [6.45, 7) is 2.27. The maximum absolute atomic E-state index is 6.48. The topological polar surface area (TPSA) is 56.7 Å². The van der Waals surface area contributed by atoms with Crippen molar-refractivity contribution in [3.05, 3.63) is 11.9 Å². The molecule has 1 heterocycles. The number of hydrogen-bond donors (Lipinski definition) is 1. The Morgan fingerprint density at radius 1 is 1.47 bits per heavy atom. The Morgan fingerprint density at radius 2 is 2.18 bits per heavy atom. The van der Waals surface area contributed by atoms with Crippen molar-refractivity contribution in [2.75, 3.05) is 0 Å². The molecule has 0 saturated heterocycles. The first-order valence-corrected chi connectivity index (χ1v) is 6.75. The first-order chi connectivity index (χ1) is 8.11. The smallest absolute Gasteiger partial charge is 0.0845 e. The molecular weight excluding hydrogens is 212 g/mol. The predicted octanol–water partition coefficient (Wildman–Crippen LogP) is 2.05. The third-order valence-electron chi connectivity index (χ3n) is 3.98. The van der Waals surface area contributed by atoms with E-state index in [-0.39, 0.29) is 5.54 Å². The van der Waals surface area contributed by atoms with E-state index in [0.29, 0.717) is 0 Å². The summed E-state index contributed by atoms with van der Waals surface area (Å²) in [5.41, 5.74) is 7.47. The van der Waals surface area contributed by atoms with Crippen molar-refractivity contribution in [1.29, 1.82) is 0 Å². The summed E-state index contributed by atoms with van der Waals surface area (Å²) in [6, 6.07) is 0. The van der Waals surface area contributed by atoms with Crippen molar-refractivity contribution in [3.8, 4) is 0 Å². The molecule has 0 aromatic carbocycles. The molecule has 96 valence electrons. The fourth-order valence-corrected chi connectivity index (χ4v) is 2.96. The SMILES string of the molecule is CCCC1CCC(N)(Cc2cn(C)nn2)CC1. The molecule has 0 bridgehead atoms. The van der Waals surface area contributed by atoms with Gasteiger partial charge in [-0.05, 0) is 31.6 Å². The van der Waals surface area contributed by atoms with Crippen LogP contribution >= 0.6 is 0 Å². The molecule has 0 atom stereocenters. The molecule has 1 aromatic rings. The van der Waals surface area contributed by atoms with Crippen molar-refractivity contribution in [2.45, 2.75) is 57.4 Å². The second-order valence-electron chi connectivity index (χ2n) is 5.65. The Kier molecular flexibility index (Phi) is 3.82. The number of aromatic nitrogens is 3. The minimum atomic E-state index is -0.0414. The van der Waals surface area contributed by atoms with Crippen molar-refractivity contribution < 1.29 is 0 Å². The van der Waals surface area contributed by atoms with E-state index in [2.05, 4.69) is 17.2 Å². The van der Waals surface area contributed by atoms with Crippen LogP contribution in [0.3, 0.4) is 0 Å². The minimum Gasteiger partial charge on any atom is -0.325 e. The number of nitrogens with zero attached hydrogens (tertiary/aromatic N) is 3. The molecular formula is C13H24N4. The Bertz CT molecular complexity index is 350.